The summed E-state index contributed by atoms with van der Waals surface area (Å²) in [5.74, 6) is 0.573. The van der Waals surface area contributed by atoms with Crippen LogP contribution in [0.15, 0.2) is 48.5 Å². The number of nitrogens with one attached hydrogen (secondary N) is 1. The maximum atomic E-state index is 12.3. The standard InChI is InChI=1S/C20H26N2O/c1-15(2)18-12-8-9-16(3)20(18)21-14-13-19(23)22(4)17-10-6-5-7-11-17/h5-12,15,21H,13-14H2,1-4H3. The van der Waals surface area contributed by atoms with Gasteiger partial charge in [-0.2, -0.15) is 0 Å². The van der Waals surface area contributed by atoms with E-state index in [1.807, 2.05) is 37.4 Å². The summed E-state index contributed by atoms with van der Waals surface area (Å²) in [6.07, 6.45) is 0.470. The predicted molar refractivity (Wildman–Crippen MR) is 98.2 cm³/mol. The van der Waals surface area contributed by atoms with E-state index in [2.05, 4.69) is 44.3 Å². The van der Waals surface area contributed by atoms with Crippen molar-refractivity contribution in [3.8, 4) is 0 Å². The lowest BCUT2D eigenvalue weighted by molar-refractivity contribution is -0.118. The summed E-state index contributed by atoms with van der Waals surface area (Å²) in [4.78, 5) is 14.0. The Labute approximate surface area is 139 Å². The van der Waals surface area contributed by atoms with Gasteiger partial charge in [-0.05, 0) is 36.1 Å². The molecule has 0 bridgehead atoms. The first-order valence-corrected chi connectivity index (χ1v) is 8.15. The van der Waals surface area contributed by atoms with Gasteiger partial charge in [-0.25, -0.2) is 0 Å². The number of hydrogen-bond donors (Lipinski definition) is 1. The monoisotopic (exact) mass is 310 g/mol. The zero-order chi connectivity index (χ0) is 16.8. The Bertz CT molecular complexity index is 650. The Hall–Kier alpha value is -2.29. The second-order valence-electron chi connectivity index (χ2n) is 6.16. The van der Waals surface area contributed by atoms with Crippen molar-refractivity contribution in [3.05, 3.63) is 59.7 Å². The summed E-state index contributed by atoms with van der Waals surface area (Å²) in [6.45, 7) is 7.12. The van der Waals surface area contributed by atoms with Crippen LogP contribution in [0.3, 0.4) is 0 Å². The van der Waals surface area contributed by atoms with E-state index in [0.717, 1.165) is 11.4 Å². The minimum absolute atomic E-state index is 0.114. The third kappa shape index (κ3) is 4.35. The number of amides is 1. The number of carbonyl (C=O) groups is 1. The highest BCUT2D eigenvalue weighted by atomic mass is 16.2. The van der Waals surface area contributed by atoms with Crippen LogP contribution in [0, 0.1) is 6.92 Å². The van der Waals surface area contributed by atoms with E-state index in [4.69, 9.17) is 0 Å². The lowest BCUT2D eigenvalue weighted by Crippen LogP contribution is -2.28. The molecule has 2 rings (SSSR count). The summed E-state index contributed by atoms with van der Waals surface area (Å²) in [5.41, 5.74) is 4.61. The van der Waals surface area contributed by atoms with Gasteiger partial charge in [0.1, 0.15) is 0 Å². The van der Waals surface area contributed by atoms with Gasteiger partial charge in [0.05, 0.1) is 0 Å². The molecule has 2 aromatic rings. The van der Waals surface area contributed by atoms with Crippen molar-refractivity contribution in [1.29, 1.82) is 0 Å². The molecule has 1 N–H and O–H groups in total. The molecule has 1 amide bonds. The van der Waals surface area contributed by atoms with E-state index in [0.29, 0.717) is 18.9 Å². The molecule has 0 aliphatic heterocycles. The van der Waals surface area contributed by atoms with E-state index in [-0.39, 0.29) is 5.91 Å². The van der Waals surface area contributed by atoms with Crippen LogP contribution in [0.2, 0.25) is 0 Å². The van der Waals surface area contributed by atoms with Crippen LogP contribution >= 0.6 is 0 Å². The quantitative estimate of drug-likeness (QED) is 0.846. The number of para-hydroxylation sites is 2. The normalized spacial score (nSPS) is 10.7. The molecule has 0 heterocycles. The molecular weight excluding hydrogens is 284 g/mol. The van der Waals surface area contributed by atoms with Crippen molar-refractivity contribution in [2.75, 3.05) is 23.8 Å². The predicted octanol–water partition coefficient (Wildman–Crippen LogP) is 4.58. The highest BCUT2D eigenvalue weighted by molar-refractivity contribution is 5.93. The fourth-order valence-electron chi connectivity index (χ4n) is 2.67. The summed E-state index contributed by atoms with van der Waals surface area (Å²) in [6, 6.07) is 16.1. The van der Waals surface area contributed by atoms with Gasteiger partial charge in [0.15, 0.2) is 0 Å². The number of anilines is 2. The Morgan fingerprint density at radius 3 is 2.43 bits per heavy atom. The van der Waals surface area contributed by atoms with E-state index in [9.17, 15) is 4.79 Å². The van der Waals surface area contributed by atoms with Crippen LogP contribution in [0.1, 0.15) is 37.3 Å². The molecule has 0 saturated carbocycles. The topological polar surface area (TPSA) is 32.3 Å². The molecule has 0 unspecified atom stereocenters. The molecular formula is C20H26N2O. The van der Waals surface area contributed by atoms with Crippen molar-refractivity contribution in [2.24, 2.45) is 0 Å². The van der Waals surface area contributed by atoms with Crippen LogP contribution in [0.25, 0.3) is 0 Å². The molecule has 0 spiro atoms. The molecule has 23 heavy (non-hydrogen) atoms. The average Bonchev–Trinajstić information content (AvgIpc) is 2.56. The smallest absolute Gasteiger partial charge is 0.228 e. The summed E-state index contributed by atoms with van der Waals surface area (Å²) in [5, 5.41) is 3.45. The maximum Gasteiger partial charge on any atom is 0.228 e. The highest BCUT2D eigenvalue weighted by Crippen LogP contribution is 2.27. The van der Waals surface area contributed by atoms with Crippen molar-refractivity contribution < 1.29 is 4.79 Å². The van der Waals surface area contributed by atoms with Crippen LogP contribution in [0.4, 0.5) is 11.4 Å². The summed E-state index contributed by atoms with van der Waals surface area (Å²) >= 11 is 0. The Morgan fingerprint density at radius 2 is 1.78 bits per heavy atom. The van der Waals surface area contributed by atoms with Gasteiger partial charge in [0.2, 0.25) is 5.91 Å². The largest absolute Gasteiger partial charge is 0.384 e. The molecule has 0 radical (unpaired) electrons. The van der Waals surface area contributed by atoms with Crippen molar-refractivity contribution >= 4 is 17.3 Å². The van der Waals surface area contributed by atoms with Gasteiger partial charge >= 0.3 is 0 Å². The molecule has 2 aromatic carbocycles. The third-order valence-electron chi connectivity index (χ3n) is 4.09. The van der Waals surface area contributed by atoms with Crippen molar-refractivity contribution in [2.45, 2.75) is 33.1 Å². The van der Waals surface area contributed by atoms with Crippen molar-refractivity contribution in [3.63, 3.8) is 0 Å². The van der Waals surface area contributed by atoms with Gasteiger partial charge in [-0.15, -0.1) is 0 Å². The molecule has 0 aliphatic rings. The lowest BCUT2D eigenvalue weighted by Gasteiger charge is -2.19. The molecule has 3 heteroatoms. The van der Waals surface area contributed by atoms with Crippen LogP contribution in [-0.2, 0) is 4.79 Å². The fourth-order valence-corrected chi connectivity index (χ4v) is 2.67. The molecule has 0 atom stereocenters. The first-order valence-electron chi connectivity index (χ1n) is 8.15. The highest BCUT2D eigenvalue weighted by Gasteiger charge is 2.12. The Morgan fingerprint density at radius 1 is 1.09 bits per heavy atom. The summed E-state index contributed by atoms with van der Waals surface area (Å²) < 4.78 is 0. The number of hydrogen-bond acceptors (Lipinski definition) is 2. The van der Waals surface area contributed by atoms with Gasteiger partial charge in [-0.1, -0.05) is 50.2 Å². The zero-order valence-corrected chi connectivity index (χ0v) is 14.5. The van der Waals surface area contributed by atoms with E-state index in [1.165, 1.54) is 11.1 Å². The van der Waals surface area contributed by atoms with Crippen LogP contribution in [0.5, 0.6) is 0 Å². The second-order valence-corrected chi connectivity index (χ2v) is 6.16. The Kier molecular flexibility index (Phi) is 5.80. The molecule has 122 valence electrons. The van der Waals surface area contributed by atoms with E-state index in [1.54, 1.807) is 4.90 Å². The van der Waals surface area contributed by atoms with Gasteiger partial charge in [-0.3, -0.25) is 4.79 Å². The fraction of sp³-hybridized carbons (Fsp3) is 0.350. The molecule has 3 nitrogen and oxygen atoms in total. The van der Waals surface area contributed by atoms with E-state index >= 15 is 0 Å². The number of benzene rings is 2. The minimum Gasteiger partial charge on any atom is -0.384 e. The zero-order valence-electron chi connectivity index (χ0n) is 14.5. The number of nitrogens with zero attached hydrogens (tertiary/aromatic N) is 1. The lowest BCUT2D eigenvalue weighted by atomic mass is 9.98. The molecule has 0 saturated heterocycles. The minimum atomic E-state index is 0.114. The molecule has 0 fully saturated rings. The first kappa shape index (κ1) is 17.1. The number of rotatable bonds is 6. The summed E-state index contributed by atoms with van der Waals surface area (Å²) in [7, 11) is 1.82. The molecule has 0 aromatic heterocycles. The van der Waals surface area contributed by atoms with Gasteiger partial charge in [0.25, 0.3) is 0 Å². The molecule has 0 aliphatic carbocycles. The third-order valence-corrected chi connectivity index (χ3v) is 4.09. The van der Waals surface area contributed by atoms with Crippen LogP contribution < -0.4 is 10.2 Å². The average molecular weight is 310 g/mol. The second kappa shape index (κ2) is 7.82. The first-order chi connectivity index (χ1) is 11.0. The van der Waals surface area contributed by atoms with Crippen LogP contribution in [-0.4, -0.2) is 19.5 Å². The van der Waals surface area contributed by atoms with Gasteiger partial charge < -0.3 is 10.2 Å². The van der Waals surface area contributed by atoms with Crippen molar-refractivity contribution in [1.82, 2.24) is 0 Å². The SMILES string of the molecule is Cc1cccc(C(C)C)c1NCCC(=O)N(C)c1ccccc1. The maximum absolute atomic E-state index is 12.3. The Balaban J connectivity index is 1.96. The number of carbonyl (C=O) groups excluding carboxylic acids is 1. The van der Waals surface area contributed by atoms with E-state index < -0.39 is 0 Å². The number of aryl methyl sites for hydroxylation is 1. The van der Waals surface area contributed by atoms with Gasteiger partial charge in [0, 0.05) is 31.4 Å².